The summed E-state index contributed by atoms with van der Waals surface area (Å²) in [5, 5.41) is 3.40. The number of hydrogen-bond acceptors (Lipinski definition) is 3. The van der Waals surface area contributed by atoms with E-state index in [4.69, 9.17) is 4.98 Å². The molecule has 0 radical (unpaired) electrons. The van der Waals surface area contributed by atoms with E-state index in [-0.39, 0.29) is 0 Å². The van der Waals surface area contributed by atoms with Crippen molar-refractivity contribution < 1.29 is 0 Å². The first kappa shape index (κ1) is 10.7. The predicted molar refractivity (Wildman–Crippen MR) is 67.9 cm³/mol. The zero-order chi connectivity index (χ0) is 11.0. The Morgan fingerprint density at radius 3 is 2.94 bits per heavy atom. The number of nitrogens with one attached hydrogen (secondary N) is 1. The average Bonchev–Trinajstić information content (AvgIpc) is 2.69. The van der Waals surface area contributed by atoms with E-state index in [0.29, 0.717) is 5.92 Å². The molecular weight excluding hydrogens is 218 g/mol. The van der Waals surface area contributed by atoms with Crippen LogP contribution in [0.3, 0.4) is 0 Å². The van der Waals surface area contributed by atoms with Gasteiger partial charge in [-0.2, -0.15) is 11.8 Å². The number of aromatic nitrogens is 2. The van der Waals surface area contributed by atoms with Crippen molar-refractivity contribution in [2.24, 2.45) is 7.05 Å². The Labute approximate surface area is 101 Å². The minimum absolute atomic E-state index is 0.705. The molecule has 0 saturated carbocycles. The summed E-state index contributed by atoms with van der Waals surface area (Å²) >= 11 is 2.08. The highest BCUT2D eigenvalue weighted by Crippen LogP contribution is 2.32. The fourth-order valence-corrected chi connectivity index (χ4v) is 3.90. The molecule has 3 nitrogen and oxygen atoms in total. The number of nitrogens with zero attached hydrogens (tertiary/aromatic N) is 2. The number of hydrogen-bond donors (Lipinski definition) is 1. The van der Waals surface area contributed by atoms with Crippen LogP contribution in [0.15, 0.2) is 0 Å². The Hall–Kier alpha value is -0.480. The number of imidazole rings is 1. The van der Waals surface area contributed by atoms with Crippen molar-refractivity contribution in [2.75, 3.05) is 18.1 Å². The quantitative estimate of drug-likeness (QED) is 0.806. The van der Waals surface area contributed by atoms with E-state index in [9.17, 15) is 0 Å². The molecule has 88 valence electrons. The predicted octanol–water partition coefficient (Wildman–Crippen LogP) is 1.68. The van der Waals surface area contributed by atoms with Crippen LogP contribution in [-0.4, -0.2) is 27.6 Å². The smallest absolute Gasteiger partial charge is 0.112 e. The molecule has 1 fully saturated rings. The third kappa shape index (κ3) is 1.78. The first-order valence-corrected chi connectivity index (χ1v) is 7.34. The van der Waals surface area contributed by atoms with Gasteiger partial charge in [-0.25, -0.2) is 4.98 Å². The Morgan fingerprint density at radius 2 is 2.19 bits per heavy atom. The summed E-state index contributed by atoms with van der Waals surface area (Å²) in [6.45, 7) is 2.07. The first-order valence-electron chi connectivity index (χ1n) is 6.19. The van der Waals surface area contributed by atoms with Crippen LogP contribution in [0.25, 0.3) is 0 Å². The van der Waals surface area contributed by atoms with E-state index in [1.54, 1.807) is 0 Å². The SMILES string of the molecule is Cn1c(C2CCSCC2)nc2c1CCNC2. The van der Waals surface area contributed by atoms with E-state index < -0.39 is 0 Å². The molecule has 3 rings (SSSR count). The van der Waals surface area contributed by atoms with E-state index in [1.807, 2.05) is 0 Å². The summed E-state index contributed by atoms with van der Waals surface area (Å²) in [5.41, 5.74) is 2.76. The summed E-state index contributed by atoms with van der Waals surface area (Å²) in [7, 11) is 2.20. The lowest BCUT2D eigenvalue weighted by molar-refractivity contribution is 0.566. The van der Waals surface area contributed by atoms with Crippen molar-refractivity contribution in [3.05, 3.63) is 17.2 Å². The molecule has 0 aromatic carbocycles. The Morgan fingerprint density at radius 1 is 1.38 bits per heavy atom. The van der Waals surface area contributed by atoms with Gasteiger partial charge in [0.15, 0.2) is 0 Å². The van der Waals surface area contributed by atoms with Gasteiger partial charge in [-0.1, -0.05) is 0 Å². The molecule has 0 aliphatic carbocycles. The summed E-state index contributed by atoms with van der Waals surface area (Å²) < 4.78 is 2.37. The largest absolute Gasteiger partial charge is 0.335 e. The fraction of sp³-hybridized carbons (Fsp3) is 0.750. The van der Waals surface area contributed by atoms with Crippen molar-refractivity contribution in [2.45, 2.75) is 31.7 Å². The van der Waals surface area contributed by atoms with Crippen molar-refractivity contribution >= 4 is 11.8 Å². The molecule has 0 bridgehead atoms. The third-order valence-electron chi connectivity index (χ3n) is 3.75. The van der Waals surface area contributed by atoms with Gasteiger partial charge in [-0.15, -0.1) is 0 Å². The molecule has 1 N–H and O–H groups in total. The zero-order valence-electron chi connectivity index (χ0n) is 9.83. The molecule has 0 spiro atoms. The minimum atomic E-state index is 0.705. The minimum Gasteiger partial charge on any atom is -0.335 e. The van der Waals surface area contributed by atoms with E-state index >= 15 is 0 Å². The van der Waals surface area contributed by atoms with Crippen LogP contribution in [0.5, 0.6) is 0 Å². The average molecular weight is 237 g/mol. The second-order valence-corrected chi connectivity index (χ2v) is 5.96. The molecule has 4 heteroatoms. The Bertz CT molecular complexity index is 380. The molecule has 2 aliphatic heterocycles. The van der Waals surface area contributed by atoms with Crippen LogP contribution in [-0.2, 0) is 20.0 Å². The monoisotopic (exact) mass is 237 g/mol. The van der Waals surface area contributed by atoms with Gasteiger partial charge in [0.2, 0.25) is 0 Å². The normalized spacial score (nSPS) is 22.1. The van der Waals surface area contributed by atoms with Gasteiger partial charge in [0.25, 0.3) is 0 Å². The van der Waals surface area contributed by atoms with Crippen molar-refractivity contribution in [1.82, 2.24) is 14.9 Å². The lowest BCUT2D eigenvalue weighted by atomic mass is 10.0. The van der Waals surface area contributed by atoms with E-state index in [0.717, 1.165) is 19.5 Å². The highest BCUT2D eigenvalue weighted by atomic mass is 32.2. The van der Waals surface area contributed by atoms with E-state index in [1.165, 1.54) is 41.6 Å². The van der Waals surface area contributed by atoms with Crippen molar-refractivity contribution in [3.63, 3.8) is 0 Å². The zero-order valence-corrected chi connectivity index (χ0v) is 10.6. The third-order valence-corrected chi connectivity index (χ3v) is 4.80. The van der Waals surface area contributed by atoms with Gasteiger partial charge in [0.05, 0.1) is 5.69 Å². The molecule has 1 aromatic rings. The standard InChI is InChI=1S/C12H19N3S/c1-15-11-2-5-13-8-10(11)14-12(15)9-3-6-16-7-4-9/h9,13H,2-8H2,1H3. The number of fused-ring (bicyclic) bond motifs is 1. The van der Waals surface area contributed by atoms with Crippen LogP contribution in [0, 0.1) is 0 Å². The maximum atomic E-state index is 4.87. The fourth-order valence-electron chi connectivity index (χ4n) is 2.80. The van der Waals surface area contributed by atoms with Gasteiger partial charge < -0.3 is 9.88 Å². The molecule has 0 atom stereocenters. The van der Waals surface area contributed by atoms with Gasteiger partial charge in [0, 0.05) is 38.2 Å². The highest BCUT2D eigenvalue weighted by Gasteiger charge is 2.24. The number of rotatable bonds is 1. The first-order chi connectivity index (χ1) is 7.86. The molecule has 1 saturated heterocycles. The van der Waals surface area contributed by atoms with Crippen LogP contribution in [0.1, 0.15) is 36.0 Å². The Kier molecular flexibility index (Phi) is 2.94. The molecular formula is C12H19N3S. The summed E-state index contributed by atoms with van der Waals surface area (Å²) in [6, 6.07) is 0. The van der Waals surface area contributed by atoms with Gasteiger partial charge in [0.1, 0.15) is 5.82 Å². The molecule has 0 amide bonds. The lowest BCUT2D eigenvalue weighted by Gasteiger charge is -2.21. The topological polar surface area (TPSA) is 29.9 Å². The van der Waals surface area contributed by atoms with Gasteiger partial charge in [-0.3, -0.25) is 0 Å². The van der Waals surface area contributed by atoms with E-state index in [2.05, 4.69) is 28.7 Å². The highest BCUT2D eigenvalue weighted by molar-refractivity contribution is 7.99. The van der Waals surface area contributed by atoms with Gasteiger partial charge in [-0.05, 0) is 24.3 Å². The molecule has 16 heavy (non-hydrogen) atoms. The molecule has 2 aliphatic rings. The summed E-state index contributed by atoms with van der Waals surface area (Å²) in [5.74, 6) is 4.66. The molecule has 3 heterocycles. The van der Waals surface area contributed by atoms with Gasteiger partial charge >= 0.3 is 0 Å². The van der Waals surface area contributed by atoms with Crippen LogP contribution < -0.4 is 5.32 Å². The molecule has 0 unspecified atom stereocenters. The van der Waals surface area contributed by atoms with Crippen LogP contribution >= 0.6 is 11.8 Å². The Balaban J connectivity index is 1.91. The maximum Gasteiger partial charge on any atom is 0.112 e. The summed E-state index contributed by atoms with van der Waals surface area (Å²) in [6.07, 6.45) is 3.75. The maximum absolute atomic E-state index is 4.87. The second-order valence-electron chi connectivity index (χ2n) is 4.74. The van der Waals surface area contributed by atoms with Crippen LogP contribution in [0.2, 0.25) is 0 Å². The lowest BCUT2D eigenvalue weighted by Crippen LogP contribution is -2.24. The number of thioether (sulfide) groups is 1. The van der Waals surface area contributed by atoms with Crippen molar-refractivity contribution in [3.8, 4) is 0 Å². The van der Waals surface area contributed by atoms with Crippen molar-refractivity contribution in [1.29, 1.82) is 0 Å². The molecule has 1 aromatic heterocycles. The summed E-state index contributed by atoms with van der Waals surface area (Å²) in [4.78, 5) is 4.87. The second kappa shape index (κ2) is 4.41. The van der Waals surface area contributed by atoms with Crippen LogP contribution in [0.4, 0.5) is 0 Å².